The zero-order valence-corrected chi connectivity index (χ0v) is 23.7. The van der Waals surface area contributed by atoms with Crippen LogP contribution in [0.2, 0.25) is 0 Å². The monoisotopic (exact) mass is 583 g/mol. The van der Waals surface area contributed by atoms with Crippen LogP contribution < -0.4 is 10.7 Å². The number of alkyl halides is 4. The number of rotatable bonds is 4. The smallest absolute Gasteiger partial charge is 0.333 e. The van der Waals surface area contributed by atoms with Crippen LogP contribution in [0.3, 0.4) is 0 Å². The number of nitrogens with zero attached hydrogens (tertiary/aromatic N) is 3. The molecule has 0 radical (unpaired) electrons. The highest BCUT2D eigenvalue weighted by Crippen LogP contribution is 2.44. The Labute approximate surface area is 228 Å². The van der Waals surface area contributed by atoms with E-state index < -0.39 is 39.8 Å². The molecule has 5 rings (SSSR count). The van der Waals surface area contributed by atoms with Crippen molar-refractivity contribution in [3.63, 3.8) is 0 Å². The fourth-order valence-corrected chi connectivity index (χ4v) is 9.72. The molecule has 4 saturated heterocycles. The zero-order chi connectivity index (χ0) is 27.4. The summed E-state index contributed by atoms with van der Waals surface area (Å²) in [5.74, 6) is -2.40. The van der Waals surface area contributed by atoms with E-state index in [9.17, 15) is 26.4 Å². The Morgan fingerprint density at radius 2 is 1.79 bits per heavy atom. The summed E-state index contributed by atoms with van der Waals surface area (Å²) in [6.07, 6.45) is 0.578. The largest absolute Gasteiger partial charge is 0.409 e. The third-order valence-corrected chi connectivity index (χ3v) is 11.8. The number of hydrogen-bond acceptors (Lipinski definition) is 7. The minimum absolute atomic E-state index is 0.0888. The number of halogens is 4. The fraction of sp³-hybridized carbons (Fsp3) is 0.960. The summed E-state index contributed by atoms with van der Waals surface area (Å²) in [4.78, 5) is 16.5. The van der Waals surface area contributed by atoms with Gasteiger partial charge in [-0.2, -0.15) is 13.2 Å². The quantitative estimate of drug-likeness (QED) is 0.389. The van der Waals surface area contributed by atoms with Crippen molar-refractivity contribution in [2.24, 2.45) is 17.8 Å². The second kappa shape index (κ2) is 11.0. The van der Waals surface area contributed by atoms with E-state index in [0.717, 1.165) is 37.3 Å². The number of amides is 1. The van der Waals surface area contributed by atoms with Crippen molar-refractivity contribution >= 4 is 27.3 Å². The molecule has 1 saturated carbocycles. The van der Waals surface area contributed by atoms with Crippen LogP contribution in [0.5, 0.6) is 0 Å². The van der Waals surface area contributed by atoms with Crippen molar-refractivity contribution in [2.45, 2.75) is 100 Å². The number of nitrogens with one attached hydrogen (secondary N) is 2. The SMILES string of the molecule is CC1CC(N2CCCC3C2CNC2CC(Cl)NN23)CCC1[C@H](N(C)C(=O)C1CCS(=O)(=O)CC1)C(F)(F)F. The van der Waals surface area contributed by atoms with Gasteiger partial charge in [-0.1, -0.05) is 6.92 Å². The number of carbonyl (C=O) groups is 1. The maximum atomic E-state index is 14.5. The van der Waals surface area contributed by atoms with E-state index >= 15 is 0 Å². The van der Waals surface area contributed by atoms with Crippen molar-refractivity contribution in [1.29, 1.82) is 0 Å². The molecule has 0 aromatic heterocycles. The highest BCUT2D eigenvalue weighted by molar-refractivity contribution is 7.91. The minimum Gasteiger partial charge on any atom is -0.333 e. The van der Waals surface area contributed by atoms with Crippen LogP contribution in [-0.4, -0.2) is 103 Å². The topological polar surface area (TPSA) is 85.0 Å². The Hall–Kier alpha value is -0.660. The minimum atomic E-state index is -4.55. The third kappa shape index (κ3) is 5.72. The molecular weight excluding hydrogens is 543 g/mol. The van der Waals surface area contributed by atoms with Crippen LogP contribution in [0.25, 0.3) is 0 Å². The molecule has 2 N–H and O–H groups in total. The molecule has 5 fully saturated rings. The maximum Gasteiger partial charge on any atom is 0.409 e. The first kappa shape index (κ1) is 28.9. The van der Waals surface area contributed by atoms with Crippen LogP contribution in [0.4, 0.5) is 13.2 Å². The molecule has 0 bridgehead atoms. The predicted octanol–water partition coefficient (Wildman–Crippen LogP) is 2.54. The summed E-state index contributed by atoms with van der Waals surface area (Å²) < 4.78 is 67.0. The number of likely N-dealkylation sites (tertiary alicyclic amines) is 1. The van der Waals surface area contributed by atoms with E-state index in [1.165, 1.54) is 7.05 Å². The van der Waals surface area contributed by atoms with E-state index in [2.05, 4.69) is 20.7 Å². The lowest BCUT2D eigenvalue weighted by molar-refractivity contribution is -0.207. The van der Waals surface area contributed by atoms with E-state index in [1.54, 1.807) is 0 Å². The average molecular weight is 584 g/mol. The van der Waals surface area contributed by atoms with Crippen LogP contribution in [0.15, 0.2) is 0 Å². The molecule has 7 unspecified atom stereocenters. The summed E-state index contributed by atoms with van der Waals surface area (Å²) in [6.45, 7) is 3.70. The van der Waals surface area contributed by atoms with Gasteiger partial charge in [-0.05, 0) is 63.3 Å². The number of hydrazine groups is 1. The molecule has 0 spiro atoms. The van der Waals surface area contributed by atoms with E-state index in [0.29, 0.717) is 25.3 Å². The highest BCUT2D eigenvalue weighted by Gasteiger charge is 2.53. The van der Waals surface area contributed by atoms with Gasteiger partial charge < -0.3 is 4.90 Å². The van der Waals surface area contributed by atoms with Gasteiger partial charge >= 0.3 is 6.18 Å². The van der Waals surface area contributed by atoms with Crippen molar-refractivity contribution in [1.82, 2.24) is 25.6 Å². The fourth-order valence-electron chi connectivity index (χ4n) is 7.95. The first-order valence-electron chi connectivity index (χ1n) is 14.1. The molecule has 0 aromatic rings. The predicted molar refractivity (Wildman–Crippen MR) is 139 cm³/mol. The Morgan fingerprint density at radius 3 is 2.45 bits per heavy atom. The summed E-state index contributed by atoms with van der Waals surface area (Å²) in [5, 5.41) is 5.88. The Balaban J connectivity index is 1.26. The van der Waals surface area contributed by atoms with Gasteiger partial charge in [0.25, 0.3) is 0 Å². The van der Waals surface area contributed by atoms with Crippen LogP contribution >= 0.6 is 11.6 Å². The lowest BCUT2D eigenvalue weighted by Crippen LogP contribution is -2.70. The molecule has 13 heteroatoms. The van der Waals surface area contributed by atoms with Gasteiger partial charge in [-0.3, -0.25) is 15.0 Å². The van der Waals surface area contributed by atoms with Crippen LogP contribution in [0.1, 0.15) is 58.3 Å². The van der Waals surface area contributed by atoms with Gasteiger partial charge in [0, 0.05) is 44.1 Å². The number of fused-ring (bicyclic) bond motifs is 3. The Kier molecular flexibility index (Phi) is 8.32. The lowest BCUT2D eigenvalue weighted by Gasteiger charge is -2.54. The highest BCUT2D eigenvalue weighted by atomic mass is 35.5. The normalized spacial score (nSPS) is 39.8. The van der Waals surface area contributed by atoms with Gasteiger partial charge in [0.2, 0.25) is 5.91 Å². The number of carbonyl (C=O) groups excluding carboxylic acids is 1. The average Bonchev–Trinajstić information content (AvgIpc) is 3.24. The second-order valence-electron chi connectivity index (χ2n) is 12.1. The zero-order valence-electron chi connectivity index (χ0n) is 22.2. The second-order valence-corrected chi connectivity index (χ2v) is 15.0. The van der Waals surface area contributed by atoms with Crippen molar-refractivity contribution in [3.8, 4) is 0 Å². The van der Waals surface area contributed by atoms with Gasteiger partial charge in [0.05, 0.1) is 23.2 Å². The van der Waals surface area contributed by atoms with Gasteiger partial charge in [-0.15, -0.1) is 11.6 Å². The molecule has 0 aromatic carbocycles. The van der Waals surface area contributed by atoms with Gasteiger partial charge in [-0.25, -0.2) is 18.9 Å². The maximum absolute atomic E-state index is 14.5. The standard InChI is InChI=1S/C25H41ClF3N5O3S/c1-15-12-17(33-9-3-4-19-20(33)14-30-22-13-21(26)31-34(19)22)5-6-18(15)23(25(27,28)29)32(2)24(35)16-7-10-38(36,37)11-8-16/h15-23,30-31H,3-14H2,1-2H3/t15?,17?,18?,19?,20?,21?,22?,23-/m0/s1. The number of hydrogen-bond donors (Lipinski definition) is 2. The number of piperidine rings is 1. The molecule has 1 aliphatic carbocycles. The summed E-state index contributed by atoms with van der Waals surface area (Å²) in [6, 6.07) is -1.03. The van der Waals surface area contributed by atoms with Crippen molar-refractivity contribution in [2.75, 3.05) is 31.6 Å². The molecule has 1 amide bonds. The molecule has 4 heterocycles. The summed E-state index contributed by atoms with van der Waals surface area (Å²) in [5.41, 5.74) is 3.31. The first-order chi connectivity index (χ1) is 17.9. The van der Waals surface area contributed by atoms with Crippen LogP contribution in [-0.2, 0) is 14.6 Å². The number of sulfone groups is 1. The van der Waals surface area contributed by atoms with Crippen LogP contribution in [0, 0.1) is 17.8 Å². The van der Waals surface area contributed by atoms with Gasteiger partial charge in [0.1, 0.15) is 15.9 Å². The Morgan fingerprint density at radius 1 is 1.08 bits per heavy atom. The van der Waals surface area contributed by atoms with Gasteiger partial charge in [0.15, 0.2) is 0 Å². The van der Waals surface area contributed by atoms with E-state index in [1.807, 2.05) is 6.92 Å². The molecule has 5 aliphatic rings. The summed E-state index contributed by atoms with van der Waals surface area (Å²) >= 11 is 6.36. The molecule has 218 valence electrons. The molecule has 8 nitrogen and oxygen atoms in total. The van der Waals surface area contributed by atoms with Crippen molar-refractivity contribution < 1.29 is 26.4 Å². The van der Waals surface area contributed by atoms with E-state index in [-0.39, 0.29) is 54.0 Å². The third-order valence-electron chi connectivity index (χ3n) is 9.85. The molecule has 4 aliphatic heterocycles. The lowest BCUT2D eigenvalue weighted by atomic mass is 9.72. The molecule has 8 atom stereocenters. The van der Waals surface area contributed by atoms with Crippen molar-refractivity contribution in [3.05, 3.63) is 0 Å². The van der Waals surface area contributed by atoms with E-state index in [4.69, 9.17) is 11.6 Å². The Bertz CT molecular complexity index is 974. The summed E-state index contributed by atoms with van der Waals surface area (Å²) in [7, 11) is -1.94. The molecule has 38 heavy (non-hydrogen) atoms. The first-order valence-corrected chi connectivity index (χ1v) is 16.3. The molecular formula is C25H41ClF3N5O3S.